The van der Waals surface area contributed by atoms with Gasteiger partial charge in [-0.25, -0.2) is 4.31 Å². The first-order chi connectivity index (χ1) is 14.1. The molecule has 29 heavy (non-hydrogen) atoms. The van der Waals surface area contributed by atoms with Gasteiger partial charge in [0.05, 0.1) is 0 Å². The molecule has 3 fully saturated rings. The number of piperidine rings is 2. The van der Waals surface area contributed by atoms with Crippen molar-refractivity contribution in [2.45, 2.75) is 81.4 Å². The minimum Gasteiger partial charge on any atom is -0.368 e. The number of aromatic nitrogens is 1. The second-order valence-corrected chi connectivity index (χ2v) is 10.6. The number of amides is 1. The summed E-state index contributed by atoms with van der Waals surface area (Å²) in [5.41, 5.74) is 8.49. The Morgan fingerprint density at radius 1 is 1.17 bits per heavy atom. The Balaban J connectivity index is 1.29. The van der Waals surface area contributed by atoms with Crippen molar-refractivity contribution in [3.8, 4) is 0 Å². The van der Waals surface area contributed by atoms with Gasteiger partial charge in [0, 0.05) is 50.0 Å². The van der Waals surface area contributed by atoms with Gasteiger partial charge in [0.2, 0.25) is 5.91 Å². The number of rotatable bonds is 8. The summed E-state index contributed by atoms with van der Waals surface area (Å²) >= 11 is 1.75. The lowest BCUT2D eigenvalue weighted by molar-refractivity contribution is -0.121. The van der Waals surface area contributed by atoms with Crippen molar-refractivity contribution in [1.29, 1.82) is 0 Å². The molecule has 4 rings (SSSR count). The molecule has 2 N–H and O–H groups in total. The van der Waals surface area contributed by atoms with Crippen LogP contribution in [0.1, 0.15) is 75.5 Å². The number of aryl methyl sites for hydroxylation is 1. The van der Waals surface area contributed by atoms with Crippen molar-refractivity contribution in [2.24, 2.45) is 5.73 Å². The molecule has 2 aliphatic heterocycles. The van der Waals surface area contributed by atoms with Crippen LogP contribution in [0.3, 0.4) is 0 Å². The molecule has 6 heteroatoms. The fourth-order valence-electron chi connectivity index (χ4n) is 4.77. The molecule has 1 amide bonds. The quantitative estimate of drug-likeness (QED) is 0.654. The summed E-state index contributed by atoms with van der Waals surface area (Å²) in [5.74, 6) is 0.415. The van der Waals surface area contributed by atoms with Gasteiger partial charge in [-0.3, -0.25) is 9.78 Å². The van der Waals surface area contributed by atoms with E-state index in [4.69, 9.17) is 10.7 Å². The van der Waals surface area contributed by atoms with Crippen LogP contribution in [0.5, 0.6) is 0 Å². The molecule has 160 valence electrons. The van der Waals surface area contributed by atoms with Crippen molar-refractivity contribution < 1.29 is 4.79 Å². The molecule has 0 radical (unpaired) electrons. The second kappa shape index (κ2) is 9.36. The highest BCUT2D eigenvalue weighted by Crippen LogP contribution is 2.42. The third-order valence-corrected chi connectivity index (χ3v) is 8.54. The molecule has 1 aromatic heterocycles. The van der Waals surface area contributed by atoms with Gasteiger partial charge in [-0.05, 0) is 63.0 Å². The summed E-state index contributed by atoms with van der Waals surface area (Å²) in [6, 6.07) is 5.27. The van der Waals surface area contributed by atoms with E-state index >= 15 is 0 Å². The normalized spacial score (nSPS) is 23.9. The monoisotopic (exact) mass is 416 g/mol. The lowest BCUT2D eigenvalue weighted by Gasteiger charge is -2.43. The zero-order valence-corrected chi connectivity index (χ0v) is 18.6. The zero-order valence-electron chi connectivity index (χ0n) is 17.8. The van der Waals surface area contributed by atoms with Gasteiger partial charge in [-0.1, -0.05) is 31.4 Å². The minimum atomic E-state index is -0.405. The van der Waals surface area contributed by atoms with E-state index in [-0.39, 0.29) is 5.91 Å². The van der Waals surface area contributed by atoms with Crippen molar-refractivity contribution in [3.05, 3.63) is 29.6 Å². The molecule has 0 spiro atoms. The number of primary amides is 1. The van der Waals surface area contributed by atoms with Crippen LogP contribution in [0.25, 0.3) is 0 Å². The molecule has 0 atom stereocenters. The average Bonchev–Trinajstić information content (AvgIpc) is 3.59. The van der Waals surface area contributed by atoms with E-state index in [0.29, 0.717) is 5.92 Å². The number of carbonyl (C=O) groups excluding carboxylic acids is 1. The summed E-state index contributed by atoms with van der Waals surface area (Å²) in [6.07, 6.45) is 12.3. The molecule has 0 aromatic carbocycles. The maximum absolute atomic E-state index is 12.4. The van der Waals surface area contributed by atoms with E-state index in [1.807, 2.05) is 0 Å². The highest BCUT2D eigenvalue weighted by Gasteiger charge is 2.45. The van der Waals surface area contributed by atoms with Crippen LogP contribution in [0.15, 0.2) is 18.3 Å². The molecule has 1 aromatic rings. The Kier molecular flexibility index (Phi) is 6.82. The molecule has 3 heterocycles. The van der Waals surface area contributed by atoms with E-state index in [9.17, 15) is 4.79 Å². The summed E-state index contributed by atoms with van der Waals surface area (Å²) in [5, 5.41) is 0. The van der Waals surface area contributed by atoms with Crippen molar-refractivity contribution >= 4 is 17.9 Å². The predicted molar refractivity (Wildman–Crippen MR) is 120 cm³/mol. The molecule has 3 aliphatic rings. The average molecular weight is 417 g/mol. The van der Waals surface area contributed by atoms with Crippen LogP contribution >= 0.6 is 11.9 Å². The van der Waals surface area contributed by atoms with Crippen molar-refractivity contribution in [1.82, 2.24) is 14.2 Å². The number of carbonyl (C=O) groups is 1. The highest BCUT2D eigenvalue weighted by molar-refractivity contribution is 7.99. The van der Waals surface area contributed by atoms with Crippen molar-refractivity contribution in [3.63, 3.8) is 0 Å². The molecule has 0 bridgehead atoms. The Labute approximate surface area is 179 Å². The maximum atomic E-state index is 12.4. The van der Waals surface area contributed by atoms with E-state index in [2.05, 4.69) is 34.5 Å². The van der Waals surface area contributed by atoms with Crippen LogP contribution in [0.2, 0.25) is 0 Å². The van der Waals surface area contributed by atoms with Crippen LogP contribution < -0.4 is 5.73 Å². The van der Waals surface area contributed by atoms with Crippen LogP contribution in [0, 0.1) is 0 Å². The van der Waals surface area contributed by atoms with Gasteiger partial charge < -0.3 is 10.6 Å². The van der Waals surface area contributed by atoms with E-state index in [1.165, 1.54) is 36.9 Å². The number of nitrogens with two attached hydrogens (primary N) is 1. The topological polar surface area (TPSA) is 62.5 Å². The number of hydrogen-bond acceptors (Lipinski definition) is 5. The minimum absolute atomic E-state index is 0.121. The molecular formula is C23H36N4OS. The first-order valence-electron chi connectivity index (χ1n) is 11.5. The standard InChI is InChI=1S/C23H36N4OS/c1-2-3-4-18-5-8-21(25-17-18)19-9-13-27(14-10-19)29-23(22(24)28)11-15-26(16-12-23)20-6-7-20/h5,8,17,19-20H,2-4,6-7,9-16H2,1H3,(H2,24,28). The summed E-state index contributed by atoms with van der Waals surface area (Å²) in [7, 11) is 0. The Bertz CT molecular complexity index is 675. The second-order valence-electron chi connectivity index (χ2n) is 9.12. The smallest absolute Gasteiger partial charge is 0.235 e. The van der Waals surface area contributed by atoms with Gasteiger partial charge in [-0.2, -0.15) is 0 Å². The van der Waals surface area contributed by atoms with E-state index in [0.717, 1.165) is 64.3 Å². The van der Waals surface area contributed by atoms with E-state index < -0.39 is 4.75 Å². The van der Waals surface area contributed by atoms with Gasteiger partial charge in [0.1, 0.15) is 4.75 Å². The Morgan fingerprint density at radius 2 is 1.90 bits per heavy atom. The van der Waals surface area contributed by atoms with Crippen LogP contribution in [-0.4, -0.2) is 57.1 Å². The first kappa shape index (κ1) is 21.1. The number of pyridine rings is 1. The van der Waals surface area contributed by atoms with Gasteiger partial charge in [0.15, 0.2) is 0 Å². The fraction of sp³-hybridized carbons (Fsp3) is 0.739. The highest BCUT2D eigenvalue weighted by atomic mass is 32.2. The Hall–Kier alpha value is -1.11. The lowest BCUT2D eigenvalue weighted by atomic mass is 9.93. The van der Waals surface area contributed by atoms with Crippen molar-refractivity contribution in [2.75, 3.05) is 26.2 Å². The van der Waals surface area contributed by atoms with Crippen LogP contribution in [-0.2, 0) is 11.2 Å². The molecule has 1 saturated carbocycles. The molecule has 0 unspecified atom stereocenters. The first-order valence-corrected chi connectivity index (χ1v) is 12.3. The van der Waals surface area contributed by atoms with Gasteiger partial charge in [0.25, 0.3) is 0 Å². The third kappa shape index (κ3) is 5.15. The van der Waals surface area contributed by atoms with E-state index in [1.54, 1.807) is 11.9 Å². The van der Waals surface area contributed by atoms with Gasteiger partial charge in [-0.15, -0.1) is 0 Å². The zero-order chi connectivity index (χ0) is 20.3. The van der Waals surface area contributed by atoms with Gasteiger partial charge >= 0.3 is 0 Å². The number of nitrogens with zero attached hydrogens (tertiary/aromatic N) is 3. The maximum Gasteiger partial charge on any atom is 0.235 e. The summed E-state index contributed by atoms with van der Waals surface area (Å²) < 4.78 is 2.00. The fourth-order valence-corrected chi connectivity index (χ4v) is 6.11. The largest absolute Gasteiger partial charge is 0.368 e. The summed E-state index contributed by atoms with van der Waals surface area (Å²) in [6.45, 7) is 6.29. The third-order valence-electron chi connectivity index (χ3n) is 6.96. The summed E-state index contributed by atoms with van der Waals surface area (Å²) in [4.78, 5) is 19.7. The molecule has 5 nitrogen and oxygen atoms in total. The lowest BCUT2D eigenvalue weighted by Crippen LogP contribution is -2.52. The Morgan fingerprint density at radius 3 is 2.45 bits per heavy atom. The number of unbranched alkanes of at least 4 members (excludes halogenated alkanes) is 1. The SMILES string of the molecule is CCCCc1ccc(C2CCN(SC3(C(N)=O)CCN(C4CC4)CC3)CC2)nc1. The number of likely N-dealkylation sites (tertiary alicyclic amines) is 1. The molecular weight excluding hydrogens is 380 g/mol. The number of hydrogen-bond donors (Lipinski definition) is 1. The molecule has 1 aliphatic carbocycles. The predicted octanol–water partition coefficient (Wildman–Crippen LogP) is 3.73. The van der Waals surface area contributed by atoms with Crippen LogP contribution in [0.4, 0.5) is 0 Å². The molecule has 2 saturated heterocycles.